The van der Waals surface area contributed by atoms with Gasteiger partial charge in [-0.2, -0.15) is 4.37 Å². The third-order valence-corrected chi connectivity index (χ3v) is 4.14. The van der Waals surface area contributed by atoms with Crippen LogP contribution in [0.2, 0.25) is 5.15 Å². The van der Waals surface area contributed by atoms with Gasteiger partial charge in [0.2, 0.25) is 5.15 Å². The maximum absolute atomic E-state index is 5.86. The molecule has 0 aliphatic carbocycles. The first-order chi connectivity index (χ1) is 7.33. The van der Waals surface area contributed by atoms with Crippen LogP contribution in [0.5, 0.6) is 5.88 Å². The Labute approximate surface area is 97.5 Å². The summed E-state index contributed by atoms with van der Waals surface area (Å²) in [6.45, 7) is 3.44. The van der Waals surface area contributed by atoms with E-state index in [1.165, 1.54) is 25.9 Å². The van der Waals surface area contributed by atoms with Gasteiger partial charge in [0, 0.05) is 6.54 Å². The largest absolute Gasteiger partial charge is 0.470 e. The smallest absolute Gasteiger partial charge is 0.265 e. The Morgan fingerprint density at radius 2 is 2.13 bits per heavy atom. The SMILES string of the molecule is Clc1nsnc1O[C@@H]1CN2CCC1CC2. The molecule has 1 atom stereocenters. The summed E-state index contributed by atoms with van der Waals surface area (Å²) in [4.78, 5) is 2.44. The van der Waals surface area contributed by atoms with Gasteiger partial charge in [-0.25, -0.2) is 0 Å². The second-order valence-corrected chi connectivity index (χ2v) is 5.04. The maximum atomic E-state index is 5.86. The Morgan fingerprint density at radius 1 is 1.33 bits per heavy atom. The topological polar surface area (TPSA) is 38.3 Å². The Bertz CT molecular complexity index is 351. The Morgan fingerprint density at radius 3 is 2.67 bits per heavy atom. The van der Waals surface area contributed by atoms with Crippen molar-refractivity contribution in [3.05, 3.63) is 5.15 Å². The third kappa shape index (κ3) is 1.84. The quantitative estimate of drug-likeness (QED) is 0.795. The Balaban J connectivity index is 1.71. The summed E-state index contributed by atoms with van der Waals surface area (Å²) < 4.78 is 13.8. The van der Waals surface area contributed by atoms with Crippen LogP contribution < -0.4 is 4.74 Å². The molecule has 0 spiro atoms. The molecule has 2 bridgehead atoms. The van der Waals surface area contributed by atoms with Gasteiger partial charge >= 0.3 is 0 Å². The van der Waals surface area contributed by atoms with Crippen molar-refractivity contribution in [2.75, 3.05) is 19.6 Å². The van der Waals surface area contributed by atoms with E-state index < -0.39 is 0 Å². The van der Waals surface area contributed by atoms with E-state index >= 15 is 0 Å². The van der Waals surface area contributed by atoms with Crippen LogP contribution in [-0.4, -0.2) is 39.4 Å². The molecular weight excluding hydrogens is 234 g/mol. The second-order valence-electron chi connectivity index (χ2n) is 4.15. The fourth-order valence-corrected chi connectivity index (χ4v) is 3.05. The van der Waals surface area contributed by atoms with E-state index in [9.17, 15) is 0 Å². The molecule has 3 aliphatic heterocycles. The van der Waals surface area contributed by atoms with Crippen LogP contribution in [0.4, 0.5) is 0 Å². The van der Waals surface area contributed by atoms with Gasteiger partial charge in [-0.05, 0) is 31.8 Å². The van der Waals surface area contributed by atoms with Crippen LogP contribution in [-0.2, 0) is 0 Å². The lowest BCUT2D eigenvalue weighted by atomic mass is 9.86. The number of ether oxygens (including phenoxy) is 1. The van der Waals surface area contributed by atoms with Gasteiger partial charge in [-0.15, -0.1) is 4.37 Å². The van der Waals surface area contributed by atoms with Gasteiger partial charge < -0.3 is 4.74 Å². The molecule has 15 heavy (non-hydrogen) atoms. The minimum Gasteiger partial charge on any atom is -0.470 e. The number of hydrogen-bond acceptors (Lipinski definition) is 5. The summed E-state index contributed by atoms with van der Waals surface area (Å²) in [6, 6.07) is 0. The zero-order chi connectivity index (χ0) is 10.3. The first-order valence-electron chi connectivity index (χ1n) is 5.20. The Kier molecular flexibility index (Phi) is 2.54. The first kappa shape index (κ1) is 9.81. The summed E-state index contributed by atoms with van der Waals surface area (Å²) in [5.74, 6) is 1.19. The highest BCUT2D eigenvalue weighted by atomic mass is 35.5. The number of aromatic nitrogens is 2. The molecule has 3 aliphatic rings. The molecule has 1 aromatic heterocycles. The van der Waals surface area contributed by atoms with Crippen molar-refractivity contribution in [3.63, 3.8) is 0 Å². The molecule has 82 valence electrons. The number of nitrogens with zero attached hydrogens (tertiary/aromatic N) is 3. The van der Waals surface area contributed by atoms with Crippen LogP contribution in [0.25, 0.3) is 0 Å². The molecule has 3 saturated heterocycles. The van der Waals surface area contributed by atoms with Crippen molar-refractivity contribution in [1.82, 2.24) is 13.6 Å². The highest BCUT2D eigenvalue weighted by Gasteiger charge is 2.36. The molecule has 0 N–H and O–H groups in total. The van der Waals surface area contributed by atoms with E-state index in [4.69, 9.17) is 16.3 Å². The lowest BCUT2D eigenvalue weighted by molar-refractivity contribution is -0.00950. The average molecular weight is 246 g/mol. The number of rotatable bonds is 2. The molecule has 0 radical (unpaired) electrons. The molecular formula is C9H12ClN3OS. The van der Waals surface area contributed by atoms with E-state index in [0.29, 0.717) is 17.0 Å². The minimum absolute atomic E-state index is 0.258. The monoisotopic (exact) mass is 245 g/mol. The fraction of sp³-hybridized carbons (Fsp3) is 0.778. The molecule has 6 heteroatoms. The molecule has 4 heterocycles. The standard InChI is InChI=1S/C9H12ClN3OS/c10-8-9(12-15-11-8)14-7-5-13-3-1-6(7)2-4-13/h6-7H,1-5H2/t7-/m1/s1. The van der Waals surface area contributed by atoms with E-state index in [1.54, 1.807) is 0 Å². The molecule has 0 unspecified atom stereocenters. The van der Waals surface area contributed by atoms with Crippen molar-refractivity contribution in [3.8, 4) is 5.88 Å². The normalized spacial score (nSPS) is 34.3. The van der Waals surface area contributed by atoms with Gasteiger partial charge in [0.05, 0.1) is 11.7 Å². The lowest BCUT2D eigenvalue weighted by Crippen LogP contribution is -2.52. The lowest BCUT2D eigenvalue weighted by Gasteiger charge is -2.43. The summed E-state index contributed by atoms with van der Waals surface area (Å²) in [5, 5.41) is 0.399. The highest BCUT2D eigenvalue weighted by molar-refractivity contribution is 6.99. The second kappa shape index (κ2) is 3.88. The Hall–Kier alpha value is -0.390. The van der Waals surface area contributed by atoms with Crippen molar-refractivity contribution < 1.29 is 4.74 Å². The molecule has 4 rings (SSSR count). The zero-order valence-corrected chi connectivity index (χ0v) is 9.80. The molecule has 1 aromatic rings. The van der Waals surface area contributed by atoms with Gasteiger partial charge in [0.15, 0.2) is 0 Å². The minimum atomic E-state index is 0.258. The first-order valence-corrected chi connectivity index (χ1v) is 6.31. The molecule has 0 amide bonds. The van der Waals surface area contributed by atoms with Crippen LogP contribution >= 0.6 is 23.3 Å². The van der Waals surface area contributed by atoms with Crippen LogP contribution in [0.3, 0.4) is 0 Å². The molecule has 3 fully saturated rings. The van der Waals surface area contributed by atoms with Crippen molar-refractivity contribution >= 4 is 23.3 Å². The summed E-state index contributed by atoms with van der Waals surface area (Å²) in [6.07, 6.45) is 2.73. The van der Waals surface area contributed by atoms with Crippen LogP contribution in [0.15, 0.2) is 0 Å². The summed E-state index contributed by atoms with van der Waals surface area (Å²) >= 11 is 6.96. The third-order valence-electron chi connectivity index (χ3n) is 3.28. The van der Waals surface area contributed by atoms with E-state index in [2.05, 4.69) is 13.6 Å². The predicted octanol–water partition coefficient (Wildman–Crippen LogP) is 1.66. The summed E-state index contributed by atoms with van der Waals surface area (Å²) in [5.41, 5.74) is 0. The average Bonchev–Trinajstić information content (AvgIpc) is 2.66. The van der Waals surface area contributed by atoms with E-state index in [0.717, 1.165) is 18.3 Å². The number of piperidine rings is 3. The van der Waals surface area contributed by atoms with Crippen molar-refractivity contribution in [2.24, 2.45) is 5.92 Å². The molecule has 0 aromatic carbocycles. The highest BCUT2D eigenvalue weighted by Crippen LogP contribution is 2.32. The summed E-state index contributed by atoms with van der Waals surface area (Å²) in [7, 11) is 0. The number of halogens is 1. The van der Waals surface area contributed by atoms with Gasteiger partial charge in [-0.1, -0.05) is 11.6 Å². The van der Waals surface area contributed by atoms with Gasteiger partial charge in [-0.3, -0.25) is 4.90 Å². The number of hydrogen-bond donors (Lipinski definition) is 0. The maximum Gasteiger partial charge on any atom is 0.265 e. The van der Waals surface area contributed by atoms with Crippen molar-refractivity contribution in [1.29, 1.82) is 0 Å². The predicted molar refractivity (Wildman–Crippen MR) is 58.5 cm³/mol. The fourth-order valence-electron chi connectivity index (χ4n) is 2.43. The molecule has 0 saturated carbocycles. The van der Waals surface area contributed by atoms with Crippen LogP contribution in [0.1, 0.15) is 12.8 Å². The van der Waals surface area contributed by atoms with E-state index in [1.807, 2.05) is 0 Å². The zero-order valence-electron chi connectivity index (χ0n) is 8.23. The van der Waals surface area contributed by atoms with Gasteiger partial charge in [0.1, 0.15) is 6.10 Å². The van der Waals surface area contributed by atoms with E-state index in [-0.39, 0.29) is 6.10 Å². The van der Waals surface area contributed by atoms with Crippen LogP contribution in [0, 0.1) is 5.92 Å². The van der Waals surface area contributed by atoms with Gasteiger partial charge in [0.25, 0.3) is 5.88 Å². The van der Waals surface area contributed by atoms with Crippen molar-refractivity contribution in [2.45, 2.75) is 18.9 Å². The number of fused-ring (bicyclic) bond motifs is 3. The molecule has 4 nitrogen and oxygen atoms in total.